The van der Waals surface area contributed by atoms with Crippen molar-refractivity contribution in [1.82, 2.24) is 9.55 Å². The quantitative estimate of drug-likeness (QED) is 0.624. The van der Waals surface area contributed by atoms with E-state index in [4.69, 9.17) is 10.00 Å². The Hall–Kier alpha value is -2.68. The summed E-state index contributed by atoms with van der Waals surface area (Å²) in [5.41, 5.74) is 0.926. The molecule has 2 heterocycles. The lowest BCUT2D eigenvalue weighted by molar-refractivity contribution is 0.0524. The van der Waals surface area contributed by atoms with Crippen molar-refractivity contribution in [3.8, 4) is 6.07 Å². The Morgan fingerprint density at radius 2 is 2.23 bits per heavy atom. The summed E-state index contributed by atoms with van der Waals surface area (Å²) in [6, 6.07) is 5.48. The zero-order valence-electron chi connectivity index (χ0n) is 12.6. The first-order valence-corrected chi connectivity index (χ1v) is 7.13. The highest BCUT2D eigenvalue weighted by atomic mass is 16.5. The van der Waals surface area contributed by atoms with Crippen LogP contribution in [0, 0.1) is 18.3 Å². The van der Waals surface area contributed by atoms with Gasteiger partial charge in [-0.15, -0.1) is 0 Å². The molecule has 2 aromatic rings. The first-order chi connectivity index (χ1) is 10.6. The van der Waals surface area contributed by atoms with Gasteiger partial charge in [0.1, 0.15) is 11.2 Å². The van der Waals surface area contributed by atoms with Gasteiger partial charge in [-0.3, -0.25) is 4.79 Å². The molecule has 0 unspecified atom stereocenters. The second-order valence-electron chi connectivity index (χ2n) is 4.87. The number of unbranched alkanes of at least 4 members (excludes halogenated alkanes) is 1. The van der Waals surface area contributed by atoms with Gasteiger partial charge in [0.05, 0.1) is 18.1 Å². The average Bonchev–Trinajstić information content (AvgIpc) is 2.49. The Morgan fingerprint density at radius 1 is 1.45 bits per heavy atom. The lowest BCUT2D eigenvalue weighted by atomic mass is 10.1. The smallest absolute Gasteiger partial charge is 0.343 e. The number of aryl methyl sites for hydroxylation is 2. The van der Waals surface area contributed by atoms with Crippen LogP contribution in [-0.4, -0.2) is 22.1 Å². The van der Waals surface area contributed by atoms with E-state index in [1.165, 1.54) is 6.20 Å². The molecule has 0 aliphatic carbocycles. The van der Waals surface area contributed by atoms with Crippen LogP contribution in [0.4, 0.5) is 0 Å². The molecule has 2 rings (SSSR count). The Labute approximate surface area is 128 Å². The second kappa shape index (κ2) is 6.85. The minimum Gasteiger partial charge on any atom is -0.462 e. The van der Waals surface area contributed by atoms with Crippen LogP contribution in [0.5, 0.6) is 0 Å². The predicted octanol–water partition coefficient (Wildman–Crippen LogP) is 2.19. The summed E-state index contributed by atoms with van der Waals surface area (Å²) in [5.74, 6) is -0.635. The number of pyridine rings is 2. The standard InChI is InChI=1S/C16H17N3O3/c1-3-22-16(21)13-10-19(9-5-4-8-17)15-12(14(13)20)7-6-11(2)18-15/h6-7,10H,3-5,9H2,1-2H3. The zero-order valence-corrected chi connectivity index (χ0v) is 12.6. The van der Waals surface area contributed by atoms with Crippen LogP contribution in [0.15, 0.2) is 23.1 Å². The van der Waals surface area contributed by atoms with Gasteiger partial charge < -0.3 is 9.30 Å². The minimum absolute atomic E-state index is 0.00281. The molecular weight excluding hydrogens is 282 g/mol. The number of rotatable bonds is 5. The van der Waals surface area contributed by atoms with Crippen molar-refractivity contribution < 1.29 is 9.53 Å². The molecule has 0 radical (unpaired) electrons. The third-order valence-corrected chi connectivity index (χ3v) is 3.24. The van der Waals surface area contributed by atoms with E-state index in [1.54, 1.807) is 23.6 Å². The van der Waals surface area contributed by atoms with E-state index in [0.717, 1.165) is 5.69 Å². The molecule has 0 aliphatic rings. The van der Waals surface area contributed by atoms with Crippen LogP contribution in [-0.2, 0) is 11.3 Å². The van der Waals surface area contributed by atoms with Gasteiger partial charge in [-0.1, -0.05) is 0 Å². The molecule has 0 atom stereocenters. The first-order valence-electron chi connectivity index (χ1n) is 7.13. The maximum absolute atomic E-state index is 12.4. The maximum atomic E-state index is 12.4. The largest absolute Gasteiger partial charge is 0.462 e. The Kier molecular flexibility index (Phi) is 4.89. The SMILES string of the molecule is CCOC(=O)c1cn(CCCC#N)c2nc(C)ccc2c1=O. The van der Waals surface area contributed by atoms with Crippen molar-refractivity contribution in [2.24, 2.45) is 0 Å². The van der Waals surface area contributed by atoms with Gasteiger partial charge in [-0.25, -0.2) is 9.78 Å². The number of aromatic nitrogens is 2. The number of ether oxygens (including phenoxy) is 1. The molecule has 2 aromatic heterocycles. The summed E-state index contributed by atoms with van der Waals surface area (Å²) < 4.78 is 6.68. The molecule has 0 bridgehead atoms. The van der Waals surface area contributed by atoms with E-state index >= 15 is 0 Å². The first kappa shape index (κ1) is 15.7. The number of hydrogen-bond acceptors (Lipinski definition) is 5. The molecule has 0 amide bonds. The second-order valence-corrected chi connectivity index (χ2v) is 4.87. The highest BCUT2D eigenvalue weighted by molar-refractivity contribution is 5.93. The number of fused-ring (bicyclic) bond motifs is 1. The zero-order chi connectivity index (χ0) is 16.1. The molecular formula is C16H17N3O3. The van der Waals surface area contributed by atoms with Gasteiger partial charge in [-0.05, 0) is 32.4 Å². The fraction of sp³-hybridized carbons (Fsp3) is 0.375. The summed E-state index contributed by atoms with van der Waals surface area (Å²) in [6.45, 7) is 4.24. The molecule has 0 aromatic carbocycles. The number of nitrogens with zero attached hydrogens (tertiary/aromatic N) is 3. The number of nitriles is 1. The molecule has 6 heteroatoms. The van der Waals surface area contributed by atoms with E-state index in [-0.39, 0.29) is 17.6 Å². The Bertz CT molecular complexity index is 803. The van der Waals surface area contributed by atoms with Gasteiger partial charge in [0.25, 0.3) is 0 Å². The van der Waals surface area contributed by atoms with Crippen molar-refractivity contribution in [2.45, 2.75) is 33.2 Å². The van der Waals surface area contributed by atoms with Crippen LogP contribution in [0.1, 0.15) is 35.8 Å². The van der Waals surface area contributed by atoms with Gasteiger partial charge in [0, 0.05) is 24.9 Å². The molecule has 22 heavy (non-hydrogen) atoms. The summed E-state index contributed by atoms with van der Waals surface area (Å²) in [6.07, 6.45) is 2.49. The highest BCUT2D eigenvalue weighted by Gasteiger charge is 2.17. The summed E-state index contributed by atoms with van der Waals surface area (Å²) in [7, 11) is 0. The molecule has 0 saturated carbocycles. The lowest BCUT2D eigenvalue weighted by Crippen LogP contribution is -2.21. The number of carbonyl (C=O) groups excluding carboxylic acids is 1. The van der Waals surface area contributed by atoms with Crippen LogP contribution in [0.3, 0.4) is 0 Å². The number of carbonyl (C=O) groups is 1. The third-order valence-electron chi connectivity index (χ3n) is 3.24. The number of hydrogen-bond donors (Lipinski definition) is 0. The maximum Gasteiger partial charge on any atom is 0.343 e. The van der Waals surface area contributed by atoms with E-state index in [1.807, 2.05) is 6.92 Å². The van der Waals surface area contributed by atoms with E-state index in [9.17, 15) is 9.59 Å². The molecule has 114 valence electrons. The third kappa shape index (κ3) is 3.14. The highest BCUT2D eigenvalue weighted by Crippen LogP contribution is 2.12. The molecule has 0 aliphatic heterocycles. The van der Waals surface area contributed by atoms with Crippen molar-refractivity contribution in [3.63, 3.8) is 0 Å². The fourth-order valence-electron chi connectivity index (χ4n) is 2.21. The van der Waals surface area contributed by atoms with Gasteiger partial charge in [-0.2, -0.15) is 5.26 Å². The van der Waals surface area contributed by atoms with Crippen LogP contribution < -0.4 is 5.43 Å². The number of esters is 1. The van der Waals surface area contributed by atoms with Gasteiger partial charge in [0.2, 0.25) is 5.43 Å². The van der Waals surface area contributed by atoms with Crippen molar-refractivity contribution >= 4 is 17.0 Å². The molecule has 0 saturated heterocycles. The van der Waals surface area contributed by atoms with Gasteiger partial charge >= 0.3 is 5.97 Å². The molecule has 0 fully saturated rings. The van der Waals surface area contributed by atoms with Crippen LogP contribution >= 0.6 is 0 Å². The van der Waals surface area contributed by atoms with E-state index < -0.39 is 5.97 Å². The van der Waals surface area contributed by atoms with Crippen molar-refractivity contribution in [3.05, 3.63) is 39.8 Å². The normalized spacial score (nSPS) is 10.4. The summed E-state index contributed by atoms with van der Waals surface area (Å²) in [5, 5.41) is 9.04. The lowest BCUT2D eigenvalue weighted by Gasteiger charge is -2.12. The van der Waals surface area contributed by atoms with E-state index in [2.05, 4.69) is 11.1 Å². The summed E-state index contributed by atoms with van der Waals surface area (Å²) >= 11 is 0. The molecule has 0 N–H and O–H groups in total. The van der Waals surface area contributed by atoms with Crippen LogP contribution in [0.2, 0.25) is 0 Å². The fourth-order valence-corrected chi connectivity index (χ4v) is 2.21. The monoisotopic (exact) mass is 299 g/mol. The van der Waals surface area contributed by atoms with E-state index in [0.29, 0.717) is 30.4 Å². The molecule has 6 nitrogen and oxygen atoms in total. The van der Waals surface area contributed by atoms with Gasteiger partial charge in [0.15, 0.2) is 0 Å². The Morgan fingerprint density at radius 3 is 2.91 bits per heavy atom. The average molecular weight is 299 g/mol. The topological polar surface area (TPSA) is 85.0 Å². The van der Waals surface area contributed by atoms with Crippen molar-refractivity contribution in [2.75, 3.05) is 6.61 Å². The minimum atomic E-state index is -0.635. The summed E-state index contributed by atoms with van der Waals surface area (Å²) in [4.78, 5) is 28.8. The van der Waals surface area contributed by atoms with Crippen molar-refractivity contribution in [1.29, 1.82) is 5.26 Å². The Balaban J connectivity index is 2.61. The van der Waals surface area contributed by atoms with Crippen LogP contribution in [0.25, 0.3) is 11.0 Å². The predicted molar refractivity (Wildman–Crippen MR) is 81.5 cm³/mol. The molecule has 0 spiro atoms.